The fraction of sp³-hybridized carbons (Fsp3) is 0.875. The predicted molar refractivity (Wildman–Crippen MR) is 80.6 cm³/mol. The zero-order valence-corrected chi connectivity index (χ0v) is 13.0. The first-order valence-corrected chi connectivity index (χ1v) is 8.45. The number of amides is 2. The van der Waals surface area contributed by atoms with E-state index in [0.717, 1.165) is 58.4 Å². The third-order valence-electron chi connectivity index (χ3n) is 5.41. The monoisotopic (exact) mass is 293 g/mol. The zero-order valence-electron chi connectivity index (χ0n) is 13.0. The first kappa shape index (κ1) is 14.8. The van der Waals surface area contributed by atoms with Gasteiger partial charge in [0, 0.05) is 32.1 Å². The van der Waals surface area contributed by atoms with Crippen LogP contribution in [-0.2, 0) is 9.59 Å². The number of hydrogen-bond acceptors (Lipinski definition) is 3. The van der Waals surface area contributed by atoms with Crippen LogP contribution in [-0.4, -0.2) is 60.9 Å². The third-order valence-corrected chi connectivity index (χ3v) is 5.41. The van der Waals surface area contributed by atoms with Crippen LogP contribution in [0, 0.1) is 17.8 Å². The van der Waals surface area contributed by atoms with Crippen molar-refractivity contribution in [1.29, 1.82) is 0 Å². The second-order valence-electron chi connectivity index (χ2n) is 6.86. The van der Waals surface area contributed by atoms with Gasteiger partial charge in [-0.3, -0.25) is 9.59 Å². The second kappa shape index (κ2) is 6.34. The molecule has 3 saturated heterocycles. The van der Waals surface area contributed by atoms with Crippen molar-refractivity contribution in [2.75, 3.05) is 39.3 Å². The molecule has 3 aliphatic rings. The van der Waals surface area contributed by atoms with Crippen molar-refractivity contribution >= 4 is 11.8 Å². The standard InChI is InChI=1S/C16H27N3O2/c1-12(14-9-17-10-14)15(20)19-8-4-5-13(11-19)16(21)18-6-2-3-7-18/h12-14,17H,2-11H2,1H3. The van der Waals surface area contributed by atoms with E-state index in [9.17, 15) is 9.59 Å². The smallest absolute Gasteiger partial charge is 0.227 e. The first-order chi connectivity index (χ1) is 10.2. The molecule has 21 heavy (non-hydrogen) atoms. The molecule has 0 aliphatic carbocycles. The van der Waals surface area contributed by atoms with Gasteiger partial charge in [0.25, 0.3) is 0 Å². The molecule has 0 aromatic heterocycles. The van der Waals surface area contributed by atoms with Crippen molar-refractivity contribution in [3.8, 4) is 0 Å². The van der Waals surface area contributed by atoms with Gasteiger partial charge in [0.2, 0.25) is 11.8 Å². The first-order valence-electron chi connectivity index (χ1n) is 8.45. The fourth-order valence-corrected chi connectivity index (χ4v) is 3.73. The maximum absolute atomic E-state index is 12.6. The highest BCUT2D eigenvalue weighted by Crippen LogP contribution is 2.25. The Hall–Kier alpha value is -1.10. The number of rotatable bonds is 3. The number of piperidine rings is 1. The van der Waals surface area contributed by atoms with Gasteiger partial charge in [-0.05, 0) is 44.7 Å². The Morgan fingerprint density at radius 3 is 2.33 bits per heavy atom. The van der Waals surface area contributed by atoms with Gasteiger partial charge in [0.1, 0.15) is 0 Å². The molecule has 0 bridgehead atoms. The number of hydrogen-bond donors (Lipinski definition) is 1. The Bertz CT molecular complexity index is 402. The van der Waals surface area contributed by atoms with Gasteiger partial charge in [-0.1, -0.05) is 6.92 Å². The lowest BCUT2D eigenvalue weighted by Gasteiger charge is -2.38. The van der Waals surface area contributed by atoms with Gasteiger partial charge in [0.05, 0.1) is 5.92 Å². The average molecular weight is 293 g/mol. The molecule has 1 N–H and O–H groups in total. The lowest BCUT2D eigenvalue weighted by molar-refractivity contribution is -0.143. The third kappa shape index (κ3) is 3.07. The van der Waals surface area contributed by atoms with Crippen LogP contribution in [0.1, 0.15) is 32.6 Å². The highest BCUT2D eigenvalue weighted by molar-refractivity contribution is 5.82. The minimum atomic E-state index is 0.0347. The molecule has 3 rings (SSSR count). The largest absolute Gasteiger partial charge is 0.342 e. The summed E-state index contributed by atoms with van der Waals surface area (Å²) in [6, 6.07) is 0. The van der Waals surface area contributed by atoms with Crippen LogP contribution in [0.2, 0.25) is 0 Å². The molecule has 0 saturated carbocycles. The van der Waals surface area contributed by atoms with E-state index in [1.54, 1.807) is 0 Å². The molecule has 0 spiro atoms. The van der Waals surface area contributed by atoms with E-state index in [-0.39, 0.29) is 23.7 Å². The lowest BCUT2D eigenvalue weighted by atomic mass is 9.86. The summed E-state index contributed by atoms with van der Waals surface area (Å²) in [6.07, 6.45) is 4.17. The number of carbonyl (C=O) groups excluding carboxylic acids is 2. The molecular weight excluding hydrogens is 266 g/mol. The normalized spacial score (nSPS) is 28.3. The van der Waals surface area contributed by atoms with Crippen LogP contribution in [0.5, 0.6) is 0 Å². The number of nitrogens with one attached hydrogen (secondary N) is 1. The molecule has 0 aromatic rings. The molecule has 0 radical (unpaired) electrons. The summed E-state index contributed by atoms with van der Waals surface area (Å²) in [4.78, 5) is 29.1. The Morgan fingerprint density at radius 2 is 1.71 bits per heavy atom. The van der Waals surface area contributed by atoms with Gasteiger partial charge in [-0.2, -0.15) is 0 Å². The van der Waals surface area contributed by atoms with E-state index in [4.69, 9.17) is 0 Å². The van der Waals surface area contributed by atoms with E-state index in [2.05, 4.69) is 5.32 Å². The highest BCUT2D eigenvalue weighted by Gasteiger charge is 2.36. The average Bonchev–Trinajstić information content (AvgIpc) is 2.98. The van der Waals surface area contributed by atoms with E-state index < -0.39 is 0 Å². The van der Waals surface area contributed by atoms with Crippen molar-refractivity contribution in [3.05, 3.63) is 0 Å². The van der Waals surface area contributed by atoms with Crippen LogP contribution in [0.15, 0.2) is 0 Å². The minimum absolute atomic E-state index is 0.0347. The summed E-state index contributed by atoms with van der Waals surface area (Å²) in [6.45, 7) is 7.24. The molecule has 3 aliphatic heterocycles. The molecule has 2 atom stereocenters. The quantitative estimate of drug-likeness (QED) is 0.833. The zero-order chi connectivity index (χ0) is 14.8. The molecule has 0 aromatic carbocycles. The van der Waals surface area contributed by atoms with Gasteiger partial charge in [0.15, 0.2) is 0 Å². The SMILES string of the molecule is CC(C(=O)N1CCCC(C(=O)N2CCCC2)C1)C1CNC1. The molecule has 5 heteroatoms. The van der Waals surface area contributed by atoms with Crippen molar-refractivity contribution in [2.45, 2.75) is 32.6 Å². The van der Waals surface area contributed by atoms with E-state index in [1.807, 2.05) is 16.7 Å². The Labute approximate surface area is 127 Å². The van der Waals surface area contributed by atoms with Crippen LogP contribution >= 0.6 is 0 Å². The van der Waals surface area contributed by atoms with Crippen LogP contribution in [0.3, 0.4) is 0 Å². The molecule has 3 heterocycles. The maximum Gasteiger partial charge on any atom is 0.227 e. The van der Waals surface area contributed by atoms with Gasteiger partial charge >= 0.3 is 0 Å². The van der Waals surface area contributed by atoms with Crippen molar-refractivity contribution in [2.24, 2.45) is 17.8 Å². The van der Waals surface area contributed by atoms with Crippen LogP contribution in [0.4, 0.5) is 0 Å². The molecule has 2 amide bonds. The Balaban J connectivity index is 1.57. The Kier molecular flexibility index (Phi) is 4.48. The summed E-state index contributed by atoms with van der Waals surface area (Å²) in [5.74, 6) is 1.13. The van der Waals surface area contributed by atoms with Gasteiger partial charge < -0.3 is 15.1 Å². The summed E-state index contributed by atoms with van der Waals surface area (Å²) in [7, 11) is 0. The van der Waals surface area contributed by atoms with Crippen molar-refractivity contribution in [1.82, 2.24) is 15.1 Å². The summed E-state index contributed by atoms with van der Waals surface area (Å²) in [5.41, 5.74) is 0. The molecule has 3 fully saturated rings. The maximum atomic E-state index is 12.6. The predicted octanol–water partition coefficient (Wildman–Crippen LogP) is 0.703. The van der Waals surface area contributed by atoms with E-state index in [0.29, 0.717) is 12.5 Å². The molecule has 2 unspecified atom stereocenters. The fourth-order valence-electron chi connectivity index (χ4n) is 3.73. The molecule has 5 nitrogen and oxygen atoms in total. The molecular formula is C16H27N3O2. The summed E-state index contributed by atoms with van der Waals surface area (Å²) >= 11 is 0. The Morgan fingerprint density at radius 1 is 1.05 bits per heavy atom. The van der Waals surface area contributed by atoms with Crippen molar-refractivity contribution < 1.29 is 9.59 Å². The number of nitrogens with zero attached hydrogens (tertiary/aromatic N) is 2. The van der Waals surface area contributed by atoms with Crippen molar-refractivity contribution in [3.63, 3.8) is 0 Å². The summed E-state index contributed by atoms with van der Waals surface area (Å²) < 4.78 is 0. The van der Waals surface area contributed by atoms with Crippen LogP contribution < -0.4 is 5.32 Å². The topological polar surface area (TPSA) is 52.7 Å². The van der Waals surface area contributed by atoms with Crippen LogP contribution in [0.25, 0.3) is 0 Å². The van der Waals surface area contributed by atoms with Gasteiger partial charge in [-0.15, -0.1) is 0 Å². The number of carbonyl (C=O) groups is 2. The van der Waals surface area contributed by atoms with E-state index >= 15 is 0 Å². The van der Waals surface area contributed by atoms with E-state index in [1.165, 1.54) is 0 Å². The number of likely N-dealkylation sites (tertiary alicyclic amines) is 2. The summed E-state index contributed by atoms with van der Waals surface area (Å²) in [5, 5.41) is 3.23. The highest BCUT2D eigenvalue weighted by atomic mass is 16.2. The van der Waals surface area contributed by atoms with Gasteiger partial charge in [-0.25, -0.2) is 0 Å². The second-order valence-corrected chi connectivity index (χ2v) is 6.86. The minimum Gasteiger partial charge on any atom is -0.342 e. The molecule has 118 valence electrons. The lowest BCUT2D eigenvalue weighted by Crippen LogP contribution is -2.53.